The van der Waals surface area contributed by atoms with Gasteiger partial charge in [-0.1, -0.05) is 26.7 Å². The van der Waals surface area contributed by atoms with Gasteiger partial charge in [0.25, 0.3) is 0 Å². The lowest BCUT2D eigenvalue weighted by Gasteiger charge is -2.09. The molecule has 0 aliphatic rings. The summed E-state index contributed by atoms with van der Waals surface area (Å²) in [5.74, 6) is 0.353. The third-order valence-electron chi connectivity index (χ3n) is 3.39. The van der Waals surface area contributed by atoms with Crippen LogP contribution in [-0.4, -0.2) is 20.4 Å². The third kappa shape index (κ3) is 6.08. The van der Waals surface area contributed by atoms with Crippen molar-refractivity contribution in [3.05, 3.63) is 42.7 Å². The maximum Gasteiger partial charge on any atom is 0.133 e. The molecule has 2 aromatic rings. The van der Waals surface area contributed by atoms with Gasteiger partial charge in [0, 0.05) is 12.1 Å². The number of hydrogen-bond acceptors (Lipinski definition) is 4. The molecule has 2 aromatic carbocycles. The summed E-state index contributed by atoms with van der Waals surface area (Å²) in [4.78, 5) is 0. The Morgan fingerprint density at radius 1 is 0.680 bits per heavy atom. The van der Waals surface area contributed by atoms with E-state index in [0.717, 1.165) is 36.8 Å². The molecular weight excluding hydrogens is 520 g/mol. The number of hydrogen-bond donors (Lipinski definition) is 4. The molecule has 138 valence electrons. The second-order valence-electron chi connectivity index (χ2n) is 5.46. The summed E-state index contributed by atoms with van der Waals surface area (Å²) in [6, 6.07) is 4.30. The Balaban J connectivity index is 0.000000251. The first-order valence-corrected chi connectivity index (χ1v) is 10.2. The summed E-state index contributed by atoms with van der Waals surface area (Å²) in [5.41, 5.74) is 1.84. The van der Waals surface area contributed by atoms with Crippen LogP contribution in [0.2, 0.25) is 0 Å². The second kappa shape index (κ2) is 10.3. The van der Waals surface area contributed by atoms with Crippen molar-refractivity contribution in [2.75, 3.05) is 0 Å². The number of aromatic hydroxyl groups is 4. The Kier molecular flexibility index (Phi) is 9.10. The average molecular weight is 541 g/mol. The molecule has 4 N–H and O–H groups in total. The summed E-state index contributed by atoms with van der Waals surface area (Å²) in [7, 11) is 0. The molecule has 2 rings (SSSR count). The van der Waals surface area contributed by atoms with Crippen LogP contribution in [0.25, 0.3) is 0 Å². The van der Waals surface area contributed by atoms with Gasteiger partial charge >= 0.3 is 0 Å². The standard InChI is InChI=1S/C9H10Br2O2.C9H11BrO2/c1-2-3-5-8(10)6(12)4-7(13)9(5)11;1-2-3-6-4-7(11)5-8(12)9(6)10/h4,12-13H,2-3H2,1H3;4-5,11-12H,2-3H2,1H3. The van der Waals surface area contributed by atoms with Crippen LogP contribution >= 0.6 is 47.8 Å². The van der Waals surface area contributed by atoms with E-state index < -0.39 is 0 Å². The molecule has 0 unspecified atom stereocenters. The van der Waals surface area contributed by atoms with E-state index in [1.54, 1.807) is 6.07 Å². The number of phenols is 4. The number of benzene rings is 2. The normalized spacial score (nSPS) is 10.3. The lowest BCUT2D eigenvalue weighted by Crippen LogP contribution is -1.88. The van der Waals surface area contributed by atoms with E-state index in [9.17, 15) is 15.3 Å². The monoisotopic (exact) mass is 538 g/mol. The van der Waals surface area contributed by atoms with Crippen molar-refractivity contribution in [1.82, 2.24) is 0 Å². The lowest BCUT2D eigenvalue weighted by atomic mass is 10.1. The van der Waals surface area contributed by atoms with Crippen molar-refractivity contribution < 1.29 is 20.4 Å². The van der Waals surface area contributed by atoms with E-state index in [0.29, 0.717) is 13.4 Å². The van der Waals surface area contributed by atoms with Crippen LogP contribution in [0.5, 0.6) is 23.0 Å². The average Bonchev–Trinajstić information content (AvgIpc) is 2.55. The fourth-order valence-electron chi connectivity index (χ4n) is 2.23. The highest BCUT2D eigenvalue weighted by Gasteiger charge is 2.12. The van der Waals surface area contributed by atoms with Crippen LogP contribution in [0.3, 0.4) is 0 Å². The van der Waals surface area contributed by atoms with Crippen molar-refractivity contribution in [1.29, 1.82) is 0 Å². The Hall–Kier alpha value is -0.920. The summed E-state index contributed by atoms with van der Waals surface area (Å²) < 4.78 is 1.99. The van der Waals surface area contributed by atoms with Crippen LogP contribution < -0.4 is 0 Å². The highest BCUT2D eigenvalue weighted by atomic mass is 79.9. The number of phenolic OH excluding ortho intramolecular Hbond substituents is 4. The first kappa shape index (κ1) is 22.1. The Morgan fingerprint density at radius 3 is 1.64 bits per heavy atom. The van der Waals surface area contributed by atoms with Crippen molar-refractivity contribution in [3.8, 4) is 23.0 Å². The van der Waals surface area contributed by atoms with Crippen molar-refractivity contribution >= 4 is 47.8 Å². The molecular formula is C18H21Br3O4. The smallest absolute Gasteiger partial charge is 0.133 e. The predicted molar refractivity (Wildman–Crippen MR) is 111 cm³/mol. The van der Waals surface area contributed by atoms with Crippen molar-refractivity contribution in [3.63, 3.8) is 0 Å². The molecule has 0 atom stereocenters. The highest BCUT2D eigenvalue weighted by molar-refractivity contribution is 9.11. The molecule has 0 aliphatic carbocycles. The van der Waals surface area contributed by atoms with Crippen molar-refractivity contribution in [2.24, 2.45) is 0 Å². The largest absolute Gasteiger partial charge is 0.508 e. The Labute approximate surface area is 172 Å². The zero-order chi connectivity index (χ0) is 19.1. The van der Waals surface area contributed by atoms with Gasteiger partial charge in [-0.05, 0) is 77.8 Å². The topological polar surface area (TPSA) is 80.9 Å². The summed E-state index contributed by atoms with van der Waals surface area (Å²) >= 11 is 9.80. The molecule has 0 radical (unpaired) electrons. The van der Waals surface area contributed by atoms with Gasteiger partial charge in [-0.2, -0.15) is 0 Å². The van der Waals surface area contributed by atoms with E-state index >= 15 is 0 Å². The minimum absolute atomic E-state index is 0.0733. The van der Waals surface area contributed by atoms with Crippen LogP contribution in [0.4, 0.5) is 0 Å². The molecule has 0 amide bonds. The third-order valence-corrected chi connectivity index (χ3v) is 6.07. The Morgan fingerprint density at radius 2 is 1.16 bits per heavy atom. The van der Waals surface area contributed by atoms with Gasteiger partial charge in [-0.15, -0.1) is 0 Å². The van der Waals surface area contributed by atoms with Crippen LogP contribution in [0.15, 0.2) is 31.6 Å². The summed E-state index contributed by atoms with van der Waals surface area (Å²) in [6.07, 6.45) is 3.60. The van der Waals surface area contributed by atoms with Crippen molar-refractivity contribution in [2.45, 2.75) is 39.5 Å². The number of rotatable bonds is 4. The number of halogens is 3. The van der Waals surface area contributed by atoms with Gasteiger partial charge < -0.3 is 20.4 Å². The van der Waals surface area contributed by atoms with Gasteiger partial charge in [0.1, 0.15) is 23.0 Å². The molecule has 0 aliphatic heterocycles. The minimum Gasteiger partial charge on any atom is -0.508 e. The Bertz CT molecular complexity index is 707. The fourth-order valence-corrected chi connectivity index (χ4v) is 3.95. The van der Waals surface area contributed by atoms with Gasteiger partial charge in [-0.25, -0.2) is 0 Å². The SMILES string of the molecule is CCCc1c(Br)c(O)cc(O)c1Br.CCCc1cc(O)cc(O)c1Br. The second-order valence-corrected chi connectivity index (χ2v) is 7.84. The van der Waals surface area contributed by atoms with Gasteiger partial charge in [0.2, 0.25) is 0 Å². The zero-order valence-corrected chi connectivity index (χ0v) is 18.7. The maximum absolute atomic E-state index is 9.40. The van der Waals surface area contributed by atoms with E-state index in [1.807, 2.05) is 13.8 Å². The first-order chi connectivity index (χ1) is 11.7. The molecule has 0 saturated heterocycles. The van der Waals surface area contributed by atoms with E-state index in [-0.39, 0.29) is 23.0 Å². The van der Waals surface area contributed by atoms with Gasteiger partial charge in [-0.3, -0.25) is 0 Å². The van der Waals surface area contributed by atoms with E-state index in [1.165, 1.54) is 12.1 Å². The molecule has 4 nitrogen and oxygen atoms in total. The molecule has 7 heteroatoms. The summed E-state index contributed by atoms with van der Waals surface area (Å²) in [5, 5.41) is 37.3. The van der Waals surface area contributed by atoms with Crippen LogP contribution in [0, 0.1) is 0 Å². The molecule has 0 saturated carbocycles. The fraction of sp³-hybridized carbons (Fsp3) is 0.333. The van der Waals surface area contributed by atoms with Crippen LogP contribution in [-0.2, 0) is 12.8 Å². The molecule has 0 bridgehead atoms. The quantitative estimate of drug-likeness (QED) is 0.362. The molecule has 0 fully saturated rings. The minimum atomic E-state index is 0.0733. The van der Waals surface area contributed by atoms with Gasteiger partial charge in [0.05, 0.1) is 13.4 Å². The maximum atomic E-state index is 9.40. The van der Waals surface area contributed by atoms with Crippen LogP contribution in [0.1, 0.15) is 37.8 Å². The van der Waals surface area contributed by atoms with E-state index in [4.69, 9.17) is 5.11 Å². The molecule has 25 heavy (non-hydrogen) atoms. The first-order valence-electron chi connectivity index (χ1n) is 7.81. The van der Waals surface area contributed by atoms with E-state index in [2.05, 4.69) is 47.8 Å². The lowest BCUT2D eigenvalue weighted by molar-refractivity contribution is 0.444. The van der Waals surface area contributed by atoms with Gasteiger partial charge in [0.15, 0.2) is 0 Å². The predicted octanol–water partition coefficient (Wildman–Crippen LogP) is 6.39. The number of aryl methyl sites for hydroxylation is 1. The molecule has 0 spiro atoms. The molecule has 0 heterocycles. The highest BCUT2D eigenvalue weighted by Crippen LogP contribution is 2.40. The molecule has 0 aromatic heterocycles. The zero-order valence-electron chi connectivity index (χ0n) is 14.0. The summed E-state index contributed by atoms with van der Waals surface area (Å²) in [6.45, 7) is 4.09.